The van der Waals surface area contributed by atoms with Crippen LogP contribution < -0.4 is 15.0 Å². The fourth-order valence-corrected chi connectivity index (χ4v) is 4.67. The minimum absolute atomic E-state index is 0.00637. The number of hydrogen-bond donors (Lipinski definition) is 1. The van der Waals surface area contributed by atoms with E-state index in [0.29, 0.717) is 16.5 Å². The van der Waals surface area contributed by atoms with E-state index in [-0.39, 0.29) is 10.7 Å². The van der Waals surface area contributed by atoms with Crippen molar-refractivity contribution in [2.75, 3.05) is 12.0 Å². The third-order valence-corrected chi connectivity index (χ3v) is 6.37. The number of nitrogens with one attached hydrogen (secondary N) is 1. The number of nitrogens with zero attached hydrogens (tertiary/aromatic N) is 2. The molecule has 2 amide bonds. The summed E-state index contributed by atoms with van der Waals surface area (Å²) in [6.07, 6.45) is 1.60. The van der Waals surface area contributed by atoms with Gasteiger partial charge in [0.15, 0.2) is 5.11 Å². The second-order valence-electron chi connectivity index (χ2n) is 8.23. The predicted octanol–water partition coefficient (Wildman–Crippen LogP) is 5.20. The third-order valence-electron chi connectivity index (χ3n) is 5.85. The number of amides is 2. The maximum absolute atomic E-state index is 13.5. The largest absolute Gasteiger partial charge is 0.495 e. The van der Waals surface area contributed by atoms with Crippen LogP contribution in [0.5, 0.6) is 5.75 Å². The summed E-state index contributed by atoms with van der Waals surface area (Å²) in [5.74, 6) is -0.338. The van der Waals surface area contributed by atoms with E-state index in [1.54, 1.807) is 25.3 Å². The summed E-state index contributed by atoms with van der Waals surface area (Å²) < 4.78 is 7.50. The third kappa shape index (κ3) is 4.13. The topological polar surface area (TPSA) is 63.6 Å². The molecule has 1 N–H and O–H groups in total. The van der Waals surface area contributed by atoms with Crippen molar-refractivity contribution >= 4 is 52.5 Å². The molecule has 1 saturated heterocycles. The smallest absolute Gasteiger partial charge is 0.270 e. The fourth-order valence-electron chi connectivity index (χ4n) is 4.23. The lowest BCUT2D eigenvalue weighted by Gasteiger charge is -2.30. The highest BCUT2D eigenvalue weighted by molar-refractivity contribution is 7.80. The van der Waals surface area contributed by atoms with Crippen molar-refractivity contribution in [2.24, 2.45) is 0 Å². The Labute approximate surface area is 208 Å². The molecule has 0 bridgehead atoms. The van der Waals surface area contributed by atoms with Crippen molar-refractivity contribution in [1.29, 1.82) is 0 Å². The summed E-state index contributed by atoms with van der Waals surface area (Å²) >= 11 is 11.6. The van der Waals surface area contributed by atoms with E-state index < -0.39 is 11.8 Å². The molecule has 174 valence electrons. The van der Waals surface area contributed by atoms with Crippen molar-refractivity contribution in [3.63, 3.8) is 0 Å². The first-order valence-electron chi connectivity index (χ1n) is 10.6. The summed E-state index contributed by atoms with van der Waals surface area (Å²) in [6, 6.07) is 13.0. The summed E-state index contributed by atoms with van der Waals surface area (Å²) in [7, 11) is 1.60. The Bertz CT molecular complexity index is 1390. The molecule has 0 spiro atoms. The first-order valence-corrected chi connectivity index (χ1v) is 11.4. The van der Waals surface area contributed by atoms with Crippen LogP contribution in [0.1, 0.15) is 28.1 Å². The van der Waals surface area contributed by atoms with E-state index in [4.69, 9.17) is 28.6 Å². The van der Waals surface area contributed by atoms with E-state index in [1.807, 2.05) is 62.6 Å². The summed E-state index contributed by atoms with van der Waals surface area (Å²) in [4.78, 5) is 27.6. The SMILES string of the molecule is COc1ccc(Cl)cc1-n1c(C)cc(/C=C2\C(=O)NC(=S)N(c3ccc(C)cc3C)C2=O)c1C. The van der Waals surface area contributed by atoms with Crippen LogP contribution in [0, 0.1) is 27.7 Å². The molecular formula is C26H24ClN3O3S. The maximum atomic E-state index is 13.5. The number of hydrogen-bond acceptors (Lipinski definition) is 4. The average molecular weight is 494 g/mol. The number of ether oxygens (including phenoxy) is 1. The molecule has 4 rings (SSSR count). The monoisotopic (exact) mass is 493 g/mol. The van der Waals surface area contributed by atoms with E-state index in [2.05, 4.69) is 5.32 Å². The highest BCUT2D eigenvalue weighted by Gasteiger charge is 2.35. The average Bonchev–Trinajstić information content (AvgIpc) is 3.05. The van der Waals surface area contributed by atoms with Crippen molar-refractivity contribution in [3.05, 3.63) is 81.1 Å². The fraction of sp³-hybridized carbons (Fsp3) is 0.192. The Balaban J connectivity index is 1.81. The van der Waals surface area contributed by atoms with E-state index >= 15 is 0 Å². The van der Waals surface area contributed by atoms with Gasteiger partial charge in [0.05, 0.1) is 18.5 Å². The Hall–Kier alpha value is -3.42. The Morgan fingerprint density at radius 3 is 2.41 bits per heavy atom. The molecule has 8 heteroatoms. The zero-order chi connectivity index (χ0) is 24.7. The predicted molar refractivity (Wildman–Crippen MR) is 139 cm³/mol. The van der Waals surface area contributed by atoms with Gasteiger partial charge in [-0.1, -0.05) is 29.3 Å². The summed E-state index contributed by atoms with van der Waals surface area (Å²) in [5.41, 5.74) is 5.83. The van der Waals surface area contributed by atoms with Gasteiger partial charge in [-0.15, -0.1) is 0 Å². The molecule has 6 nitrogen and oxygen atoms in total. The van der Waals surface area contributed by atoms with Gasteiger partial charge in [0.2, 0.25) is 0 Å². The van der Waals surface area contributed by atoms with Gasteiger partial charge < -0.3 is 9.30 Å². The van der Waals surface area contributed by atoms with Gasteiger partial charge in [-0.3, -0.25) is 19.8 Å². The number of aryl methyl sites for hydroxylation is 3. The van der Waals surface area contributed by atoms with Gasteiger partial charge in [0.1, 0.15) is 11.3 Å². The zero-order valence-electron chi connectivity index (χ0n) is 19.5. The molecule has 0 radical (unpaired) electrons. The van der Waals surface area contributed by atoms with Crippen LogP contribution in [0.25, 0.3) is 11.8 Å². The minimum atomic E-state index is -0.527. The molecule has 1 aliphatic rings. The van der Waals surface area contributed by atoms with Gasteiger partial charge in [-0.2, -0.15) is 0 Å². The molecule has 0 saturated carbocycles. The van der Waals surface area contributed by atoms with Crippen LogP contribution in [0.15, 0.2) is 48.0 Å². The van der Waals surface area contributed by atoms with Gasteiger partial charge in [0, 0.05) is 16.4 Å². The number of aromatic nitrogens is 1. The van der Waals surface area contributed by atoms with Gasteiger partial charge in [-0.25, -0.2) is 0 Å². The van der Waals surface area contributed by atoms with Crippen LogP contribution in [-0.4, -0.2) is 28.6 Å². The maximum Gasteiger partial charge on any atom is 0.270 e. The first-order chi connectivity index (χ1) is 16.1. The van der Waals surface area contributed by atoms with Crippen molar-refractivity contribution < 1.29 is 14.3 Å². The summed E-state index contributed by atoms with van der Waals surface area (Å²) in [6.45, 7) is 7.74. The number of methoxy groups -OCH3 is 1. The Morgan fingerprint density at radius 1 is 1.00 bits per heavy atom. The van der Waals surface area contributed by atoms with Crippen LogP contribution in [0.2, 0.25) is 5.02 Å². The second-order valence-corrected chi connectivity index (χ2v) is 9.05. The van der Waals surface area contributed by atoms with Crippen LogP contribution in [0.4, 0.5) is 5.69 Å². The van der Waals surface area contributed by atoms with Gasteiger partial charge in [0.25, 0.3) is 11.8 Å². The molecule has 2 aromatic carbocycles. The number of rotatable bonds is 4. The minimum Gasteiger partial charge on any atom is -0.495 e. The molecule has 0 aliphatic carbocycles. The van der Waals surface area contributed by atoms with Gasteiger partial charge >= 0.3 is 0 Å². The lowest BCUT2D eigenvalue weighted by Crippen LogP contribution is -2.54. The first kappa shape index (κ1) is 23.7. The lowest BCUT2D eigenvalue weighted by molar-refractivity contribution is -0.122. The number of anilines is 1. The van der Waals surface area contributed by atoms with Crippen molar-refractivity contribution in [2.45, 2.75) is 27.7 Å². The van der Waals surface area contributed by atoms with Crippen LogP contribution in [0.3, 0.4) is 0 Å². The van der Waals surface area contributed by atoms with Crippen molar-refractivity contribution in [3.8, 4) is 11.4 Å². The lowest BCUT2D eigenvalue weighted by atomic mass is 10.0. The Kier molecular flexibility index (Phi) is 6.34. The number of benzene rings is 2. The molecule has 0 atom stereocenters. The highest BCUT2D eigenvalue weighted by atomic mass is 35.5. The molecule has 1 aliphatic heterocycles. The zero-order valence-corrected chi connectivity index (χ0v) is 21.1. The molecule has 1 aromatic heterocycles. The standard InChI is InChI=1S/C26H24ClN3O3S/c1-14-6-8-21(15(2)10-14)30-25(32)20(24(31)28-26(30)34)12-18-11-16(3)29(17(18)4)22-13-19(27)7-9-23(22)33-5/h6-13H,1-5H3,(H,28,31,34)/b20-12+. The van der Waals surface area contributed by atoms with E-state index in [0.717, 1.165) is 33.8 Å². The highest BCUT2D eigenvalue weighted by Crippen LogP contribution is 2.32. The molecular weight excluding hydrogens is 470 g/mol. The number of thiocarbonyl (C=S) groups is 1. The van der Waals surface area contributed by atoms with Crippen LogP contribution >= 0.6 is 23.8 Å². The quantitative estimate of drug-likeness (QED) is 0.308. The summed E-state index contributed by atoms with van der Waals surface area (Å²) in [5, 5.41) is 3.29. The molecule has 0 unspecified atom stereocenters. The molecule has 2 heterocycles. The molecule has 34 heavy (non-hydrogen) atoms. The van der Waals surface area contributed by atoms with E-state index in [9.17, 15) is 9.59 Å². The molecule has 3 aromatic rings. The second kappa shape index (κ2) is 9.08. The number of carbonyl (C=O) groups excluding carboxylic acids is 2. The normalized spacial score (nSPS) is 15.2. The number of carbonyl (C=O) groups is 2. The van der Waals surface area contributed by atoms with Crippen LogP contribution in [-0.2, 0) is 9.59 Å². The number of halogens is 1. The molecule has 1 fully saturated rings. The van der Waals surface area contributed by atoms with Gasteiger partial charge in [-0.05, 0) is 87.4 Å². The Morgan fingerprint density at radius 2 is 1.74 bits per heavy atom. The van der Waals surface area contributed by atoms with E-state index in [1.165, 1.54) is 4.90 Å². The van der Waals surface area contributed by atoms with Crippen molar-refractivity contribution in [1.82, 2.24) is 9.88 Å².